The first-order valence-corrected chi connectivity index (χ1v) is 5.12. The zero-order chi connectivity index (χ0) is 10.2. The second kappa shape index (κ2) is 3.28. The van der Waals surface area contributed by atoms with Crippen LogP contribution in [0.1, 0.15) is 31.4 Å². The van der Waals surface area contributed by atoms with E-state index >= 15 is 0 Å². The monoisotopic (exact) mass is 191 g/mol. The second-order valence-corrected chi connectivity index (χ2v) is 4.51. The molecule has 1 aliphatic heterocycles. The van der Waals surface area contributed by atoms with Gasteiger partial charge in [-0.15, -0.1) is 0 Å². The third-order valence-electron chi connectivity index (χ3n) is 2.75. The molecule has 2 N–H and O–H groups in total. The fourth-order valence-corrected chi connectivity index (χ4v) is 1.81. The molecular weight excluding hydrogens is 174 g/mol. The number of hydrogen-bond acceptors (Lipinski definition) is 2. The molecule has 2 rings (SSSR count). The summed E-state index contributed by atoms with van der Waals surface area (Å²) in [6.07, 6.45) is 2.19. The number of ether oxygens (including phenoxy) is 1. The van der Waals surface area contributed by atoms with Crippen LogP contribution in [0.25, 0.3) is 0 Å². The van der Waals surface area contributed by atoms with Crippen molar-refractivity contribution in [2.45, 2.75) is 38.8 Å². The minimum atomic E-state index is -0.0276. The third-order valence-corrected chi connectivity index (χ3v) is 2.75. The molecule has 0 saturated carbocycles. The largest absolute Gasteiger partial charge is 0.488 e. The van der Waals surface area contributed by atoms with Crippen molar-refractivity contribution in [3.05, 3.63) is 29.3 Å². The van der Waals surface area contributed by atoms with Gasteiger partial charge in [0.15, 0.2) is 0 Å². The molecule has 14 heavy (non-hydrogen) atoms. The quantitative estimate of drug-likeness (QED) is 0.739. The van der Waals surface area contributed by atoms with E-state index in [1.165, 1.54) is 5.56 Å². The van der Waals surface area contributed by atoms with Gasteiger partial charge in [-0.05, 0) is 43.9 Å². The molecular formula is C12H17NO. The predicted molar refractivity (Wildman–Crippen MR) is 57.4 cm³/mol. The minimum absolute atomic E-state index is 0.0276. The SMILES string of the molecule is CC1(C)CCc2ccc(CN)cc2O1. The highest BCUT2D eigenvalue weighted by atomic mass is 16.5. The van der Waals surface area contributed by atoms with Crippen LogP contribution in [0.2, 0.25) is 0 Å². The predicted octanol–water partition coefficient (Wildman–Crippen LogP) is 2.25. The molecule has 1 aliphatic rings. The molecule has 0 saturated heterocycles. The first kappa shape index (κ1) is 9.53. The van der Waals surface area contributed by atoms with Gasteiger partial charge in [-0.25, -0.2) is 0 Å². The van der Waals surface area contributed by atoms with Crippen LogP contribution in [0.5, 0.6) is 5.75 Å². The maximum absolute atomic E-state index is 5.91. The van der Waals surface area contributed by atoms with E-state index in [1.807, 2.05) is 0 Å². The fraction of sp³-hybridized carbons (Fsp3) is 0.500. The third kappa shape index (κ3) is 1.75. The van der Waals surface area contributed by atoms with Gasteiger partial charge in [0, 0.05) is 6.54 Å². The number of benzene rings is 1. The molecule has 2 heteroatoms. The van der Waals surface area contributed by atoms with E-state index in [9.17, 15) is 0 Å². The van der Waals surface area contributed by atoms with E-state index in [2.05, 4.69) is 32.0 Å². The zero-order valence-electron chi connectivity index (χ0n) is 8.84. The van der Waals surface area contributed by atoms with E-state index in [0.717, 1.165) is 24.2 Å². The van der Waals surface area contributed by atoms with Gasteiger partial charge in [-0.3, -0.25) is 0 Å². The van der Waals surface area contributed by atoms with Crippen LogP contribution in [-0.4, -0.2) is 5.60 Å². The van der Waals surface area contributed by atoms with Crippen molar-refractivity contribution in [2.75, 3.05) is 0 Å². The average Bonchev–Trinajstić information content (AvgIpc) is 2.15. The summed E-state index contributed by atoms with van der Waals surface area (Å²) < 4.78 is 5.91. The van der Waals surface area contributed by atoms with E-state index < -0.39 is 0 Å². The Balaban J connectivity index is 2.34. The second-order valence-electron chi connectivity index (χ2n) is 4.51. The lowest BCUT2D eigenvalue weighted by atomic mass is 9.93. The van der Waals surface area contributed by atoms with Crippen molar-refractivity contribution < 1.29 is 4.74 Å². The van der Waals surface area contributed by atoms with Gasteiger partial charge in [-0.1, -0.05) is 12.1 Å². The summed E-state index contributed by atoms with van der Waals surface area (Å²) in [5, 5.41) is 0. The molecule has 76 valence electrons. The van der Waals surface area contributed by atoms with E-state index in [0.29, 0.717) is 6.54 Å². The highest BCUT2D eigenvalue weighted by Crippen LogP contribution is 2.33. The number of rotatable bonds is 1. The van der Waals surface area contributed by atoms with Crippen LogP contribution in [0, 0.1) is 0 Å². The van der Waals surface area contributed by atoms with Crippen LogP contribution in [0.15, 0.2) is 18.2 Å². The molecule has 0 amide bonds. The zero-order valence-corrected chi connectivity index (χ0v) is 8.84. The van der Waals surface area contributed by atoms with Crippen LogP contribution < -0.4 is 10.5 Å². The number of aryl methyl sites for hydroxylation is 1. The van der Waals surface area contributed by atoms with Gasteiger partial charge in [0.25, 0.3) is 0 Å². The van der Waals surface area contributed by atoms with Gasteiger partial charge in [0.1, 0.15) is 11.4 Å². The molecule has 1 aromatic rings. The lowest BCUT2D eigenvalue weighted by Crippen LogP contribution is -2.32. The average molecular weight is 191 g/mol. The summed E-state index contributed by atoms with van der Waals surface area (Å²) in [5.41, 5.74) is 8.01. The first-order valence-electron chi connectivity index (χ1n) is 5.12. The molecule has 2 nitrogen and oxygen atoms in total. The Labute approximate surface area is 85.1 Å². The molecule has 0 unspecified atom stereocenters. The molecule has 0 fully saturated rings. The molecule has 0 bridgehead atoms. The Bertz CT molecular complexity index is 344. The fourth-order valence-electron chi connectivity index (χ4n) is 1.81. The van der Waals surface area contributed by atoms with E-state index in [4.69, 9.17) is 10.5 Å². The Morgan fingerprint density at radius 1 is 1.43 bits per heavy atom. The van der Waals surface area contributed by atoms with Crippen molar-refractivity contribution in [1.29, 1.82) is 0 Å². The Kier molecular flexibility index (Phi) is 2.23. The summed E-state index contributed by atoms with van der Waals surface area (Å²) in [7, 11) is 0. The molecule has 0 aliphatic carbocycles. The summed E-state index contributed by atoms with van der Waals surface area (Å²) >= 11 is 0. The topological polar surface area (TPSA) is 35.2 Å². The lowest BCUT2D eigenvalue weighted by Gasteiger charge is -2.32. The molecule has 0 aromatic heterocycles. The van der Waals surface area contributed by atoms with E-state index in [-0.39, 0.29) is 5.60 Å². The van der Waals surface area contributed by atoms with Crippen molar-refractivity contribution in [1.82, 2.24) is 0 Å². The molecule has 1 heterocycles. The summed E-state index contributed by atoms with van der Waals surface area (Å²) in [4.78, 5) is 0. The van der Waals surface area contributed by atoms with Gasteiger partial charge >= 0.3 is 0 Å². The van der Waals surface area contributed by atoms with Gasteiger partial charge in [0.05, 0.1) is 0 Å². The Morgan fingerprint density at radius 2 is 2.21 bits per heavy atom. The summed E-state index contributed by atoms with van der Waals surface area (Å²) in [6.45, 7) is 4.84. The number of fused-ring (bicyclic) bond motifs is 1. The molecule has 0 atom stereocenters. The van der Waals surface area contributed by atoms with Crippen molar-refractivity contribution >= 4 is 0 Å². The smallest absolute Gasteiger partial charge is 0.123 e. The lowest BCUT2D eigenvalue weighted by molar-refractivity contribution is 0.0846. The molecule has 0 radical (unpaired) electrons. The Morgan fingerprint density at radius 3 is 2.93 bits per heavy atom. The number of hydrogen-bond donors (Lipinski definition) is 1. The van der Waals surface area contributed by atoms with Crippen LogP contribution in [0.4, 0.5) is 0 Å². The summed E-state index contributed by atoms with van der Waals surface area (Å²) in [5.74, 6) is 1.02. The molecule has 1 aromatic carbocycles. The normalized spacial score (nSPS) is 18.5. The maximum Gasteiger partial charge on any atom is 0.123 e. The number of nitrogens with two attached hydrogens (primary N) is 1. The van der Waals surface area contributed by atoms with Crippen LogP contribution in [-0.2, 0) is 13.0 Å². The molecule has 0 spiro atoms. The highest BCUT2D eigenvalue weighted by Gasteiger charge is 2.26. The first-order chi connectivity index (χ1) is 6.61. The van der Waals surface area contributed by atoms with Crippen LogP contribution in [0.3, 0.4) is 0 Å². The summed E-state index contributed by atoms with van der Waals surface area (Å²) in [6, 6.07) is 6.28. The van der Waals surface area contributed by atoms with Gasteiger partial charge in [-0.2, -0.15) is 0 Å². The van der Waals surface area contributed by atoms with Crippen molar-refractivity contribution in [3.8, 4) is 5.75 Å². The Hall–Kier alpha value is -1.02. The van der Waals surface area contributed by atoms with Gasteiger partial charge < -0.3 is 10.5 Å². The van der Waals surface area contributed by atoms with E-state index in [1.54, 1.807) is 0 Å². The minimum Gasteiger partial charge on any atom is -0.488 e. The van der Waals surface area contributed by atoms with Crippen molar-refractivity contribution in [3.63, 3.8) is 0 Å². The van der Waals surface area contributed by atoms with Crippen molar-refractivity contribution in [2.24, 2.45) is 5.73 Å². The maximum atomic E-state index is 5.91. The van der Waals surface area contributed by atoms with Crippen LogP contribution >= 0.6 is 0 Å². The standard InChI is InChI=1S/C12H17NO/c1-12(2)6-5-10-4-3-9(8-13)7-11(10)14-12/h3-4,7H,5-6,8,13H2,1-2H3. The van der Waals surface area contributed by atoms with Gasteiger partial charge in [0.2, 0.25) is 0 Å². The highest BCUT2D eigenvalue weighted by molar-refractivity contribution is 5.39.